The third-order valence-corrected chi connectivity index (χ3v) is 7.77. The average molecular weight is 485 g/mol. The fraction of sp³-hybridized carbons (Fsp3) is 0.188. The van der Waals surface area contributed by atoms with Crippen LogP contribution in [0.4, 0.5) is 17.6 Å². The SMILES string of the molecule is Fc1ccc(C(=C2CC2C2(C(c3ccc(F)cc3)c3ccc(F)cc3)CC2)c2ccc(F)cc2)cc1. The Morgan fingerprint density at radius 3 is 1.28 bits per heavy atom. The van der Waals surface area contributed by atoms with Gasteiger partial charge in [0.25, 0.3) is 0 Å². The Morgan fingerprint density at radius 1 is 0.556 bits per heavy atom. The molecule has 2 saturated carbocycles. The highest BCUT2D eigenvalue weighted by Crippen LogP contribution is 2.72. The van der Waals surface area contributed by atoms with Crippen LogP contribution in [0.3, 0.4) is 0 Å². The summed E-state index contributed by atoms with van der Waals surface area (Å²) >= 11 is 0. The van der Waals surface area contributed by atoms with E-state index in [9.17, 15) is 17.6 Å². The van der Waals surface area contributed by atoms with Crippen molar-refractivity contribution < 1.29 is 17.6 Å². The van der Waals surface area contributed by atoms with E-state index in [1.807, 2.05) is 24.3 Å². The molecule has 2 aliphatic carbocycles. The number of hydrogen-bond donors (Lipinski definition) is 0. The predicted molar refractivity (Wildman–Crippen MR) is 133 cm³/mol. The molecule has 2 aliphatic rings. The smallest absolute Gasteiger partial charge is 0.123 e. The first-order valence-electron chi connectivity index (χ1n) is 12.2. The molecule has 4 heteroatoms. The zero-order valence-corrected chi connectivity index (χ0v) is 19.5. The van der Waals surface area contributed by atoms with E-state index in [1.165, 1.54) is 54.1 Å². The van der Waals surface area contributed by atoms with Crippen LogP contribution in [0.15, 0.2) is 103 Å². The molecule has 0 radical (unpaired) electrons. The van der Waals surface area contributed by atoms with Gasteiger partial charge in [-0.3, -0.25) is 0 Å². The summed E-state index contributed by atoms with van der Waals surface area (Å²) in [5, 5.41) is 0. The number of benzene rings is 4. The lowest BCUT2D eigenvalue weighted by Gasteiger charge is -2.28. The zero-order chi connectivity index (χ0) is 24.9. The van der Waals surface area contributed by atoms with Crippen LogP contribution in [-0.2, 0) is 0 Å². The Labute approximate surface area is 207 Å². The van der Waals surface area contributed by atoms with Gasteiger partial charge >= 0.3 is 0 Å². The average Bonchev–Trinajstić information content (AvgIpc) is 3.80. The molecule has 0 amide bonds. The standard InChI is InChI=1S/C32H24F4/c33-24-9-1-20(2-10-24)30(21-3-11-25(34)12-4-21)28-19-29(28)32(17-18-32)31(22-5-13-26(35)14-6-22)23-7-15-27(36)16-8-23/h1-16,29,31H,17-19H2. The maximum atomic E-state index is 13.8. The number of allylic oxidation sites excluding steroid dienone is 1. The predicted octanol–water partition coefficient (Wildman–Crippen LogP) is 8.68. The van der Waals surface area contributed by atoms with Gasteiger partial charge in [0.15, 0.2) is 0 Å². The van der Waals surface area contributed by atoms with Crippen molar-refractivity contribution in [1.82, 2.24) is 0 Å². The quantitative estimate of drug-likeness (QED) is 0.240. The maximum Gasteiger partial charge on any atom is 0.123 e. The van der Waals surface area contributed by atoms with Crippen LogP contribution >= 0.6 is 0 Å². The third-order valence-electron chi connectivity index (χ3n) is 7.77. The van der Waals surface area contributed by atoms with Gasteiger partial charge in [-0.25, -0.2) is 17.6 Å². The van der Waals surface area contributed by atoms with E-state index in [2.05, 4.69) is 0 Å². The largest absolute Gasteiger partial charge is 0.207 e. The van der Waals surface area contributed by atoms with E-state index in [-0.39, 0.29) is 40.5 Å². The van der Waals surface area contributed by atoms with Crippen LogP contribution in [0.5, 0.6) is 0 Å². The Bertz CT molecular complexity index is 1320. The fourth-order valence-corrected chi connectivity index (χ4v) is 5.91. The molecule has 0 heterocycles. The third kappa shape index (κ3) is 4.15. The molecule has 6 rings (SSSR count). The first kappa shape index (κ1) is 22.8. The van der Waals surface area contributed by atoms with Gasteiger partial charge in [0.05, 0.1) is 0 Å². The Balaban J connectivity index is 1.46. The van der Waals surface area contributed by atoms with E-state index in [0.717, 1.165) is 47.1 Å². The molecule has 0 aromatic heterocycles. The monoisotopic (exact) mass is 484 g/mol. The maximum absolute atomic E-state index is 13.8. The van der Waals surface area contributed by atoms with Crippen molar-refractivity contribution in [3.05, 3.63) is 148 Å². The Morgan fingerprint density at radius 2 is 0.917 bits per heavy atom. The van der Waals surface area contributed by atoms with E-state index >= 15 is 0 Å². The van der Waals surface area contributed by atoms with Crippen molar-refractivity contribution in [1.29, 1.82) is 0 Å². The first-order chi connectivity index (χ1) is 17.4. The summed E-state index contributed by atoms with van der Waals surface area (Å²) in [6, 6.07) is 26.1. The van der Waals surface area contributed by atoms with Crippen LogP contribution in [-0.4, -0.2) is 0 Å². The van der Waals surface area contributed by atoms with Crippen molar-refractivity contribution in [3.63, 3.8) is 0 Å². The van der Waals surface area contributed by atoms with Gasteiger partial charge in [-0.15, -0.1) is 0 Å². The fourth-order valence-electron chi connectivity index (χ4n) is 5.91. The van der Waals surface area contributed by atoms with Crippen molar-refractivity contribution in [3.8, 4) is 0 Å². The van der Waals surface area contributed by atoms with Gasteiger partial charge < -0.3 is 0 Å². The van der Waals surface area contributed by atoms with Gasteiger partial charge in [0.1, 0.15) is 23.3 Å². The number of hydrogen-bond acceptors (Lipinski definition) is 0. The highest BCUT2D eigenvalue weighted by Gasteiger charge is 2.61. The van der Waals surface area contributed by atoms with Gasteiger partial charge in [-0.1, -0.05) is 54.1 Å². The van der Waals surface area contributed by atoms with Crippen molar-refractivity contribution >= 4 is 5.57 Å². The summed E-state index contributed by atoms with van der Waals surface area (Å²) in [7, 11) is 0. The van der Waals surface area contributed by atoms with Gasteiger partial charge in [-0.2, -0.15) is 0 Å². The van der Waals surface area contributed by atoms with Crippen LogP contribution in [0.25, 0.3) is 5.57 Å². The molecule has 36 heavy (non-hydrogen) atoms. The molecule has 0 saturated heterocycles. The molecule has 0 N–H and O–H groups in total. The molecule has 1 unspecified atom stereocenters. The lowest BCUT2D eigenvalue weighted by Crippen LogP contribution is -2.18. The van der Waals surface area contributed by atoms with Crippen molar-refractivity contribution in [2.75, 3.05) is 0 Å². The molecular weight excluding hydrogens is 460 g/mol. The summed E-state index contributed by atoms with van der Waals surface area (Å²) < 4.78 is 55.0. The lowest BCUT2D eigenvalue weighted by atomic mass is 9.75. The molecule has 2 fully saturated rings. The van der Waals surface area contributed by atoms with E-state index in [4.69, 9.17) is 0 Å². The van der Waals surface area contributed by atoms with Crippen LogP contribution in [0, 0.1) is 34.6 Å². The molecule has 180 valence electrons. The zero-order valence-electron chi connectivity index (χ0n) is 19.5. The summed E-state index contributed by atoms with van der Waals surface area (Å²) in [5.74, 6) is -0.930. The number of rotatable bonds is 6. The molecular formula is C32H24F4. The lowest BCUT2D eigenvalue weighted by molar-refractivity contribution is 0.397. The molecule has 0 aliphatic heterocycles. The molecule has 0 nitrogen and oxygen atoms in total. The highest BCUT2D eigenvalue weighted by molar-refractivity contribution is 5.85. The van der Waals surface area contributed by atoms with Crippen molar-refractivity contribution in [2.24, 2.45) is 11.3 Å². The van der Waals surface area contributed by atoms with E-state index < -0.39 is 0 Å². The minimum atomic E-state index is -0.305. The minimum Gasteiger partial charge on any atom is -0.207 e. The Kier molecular flexibility index (Phi) is 5.55. The molecule has 0 bridgehead atoms. The molecule has 1 atom stereocenters. The van der Waals surface area contributed by atoms with E-state index in [0.29, 0.717) is 0 Å². The molecule has 0 spiro atoms. The Hall–Kier alpha value is -3.66. The summed E-state index contributed by atoms with van der Waals surface area (Å²) in [6.07, 6.45) is 2.88. The molecule has 4 aromatic rings. The topological polar surface area (TPSA) is 0 Å². The van der Waals surface area contributed by atoms with Crippen LogP contribution in [0.2, 0.25) is 0 Å². The van der Waals surface area contributed by atoms with Crippen LogP contribution in [0.1, 0.15) is 47.4 Å². The summed E-state index contributed by atoms with van der Waals surface area (Å²) in [5.41, 5.74) is 6.03. The van der Waals surface area contributed by atoms with E-state index in [1.54, 1.807) is 24.3 Å². The normalized spacial score (nSPS) is 17.8. The van der Waals surface area contributed by atoms with Crippen molar-refractivity contribution in [2.45, 2.75) is 25.2 Å². The number of halogens is 4. The second-order valence-corrected chi connectivity index (χ2v) is 9.94. The van der Waals surface area contributed by atoms with Crippen LogP contribution < -0.4 is 0 Å². The van der Waals surface area contributed by atoms with Gasteiger partial charge in [0.2, 0.25) is 0 Å². The molecule has 4 aromatic carbocycles. The first-order valence-corrected chi connectivity index (χ1v) is 12.2. The minimum absolute atomic E-state index is 0.0103. The highest BCUT2D eigenvalue weighted by atomic mass is 19.1. The second-order valence-electron chi connectivity index (χ2n) is 9.94. The van der Waals surface area contributed by atoms with Gasteiger partial charge in [-0.05, 0) is 107 Å². The van der Waals surface area contributed by atoms with Gasteiger partial charge in [0, 0.05) is 5.92 Å². The summed E-state index contributed by atoms with van der Waals surface area (Å²) in [6.45, 7) is 0. The summed E-state index contributed by atoms with van der Waals surface area (Å²) in [4.78, 5) is 0. The second kappa shape index (κ2) is 8.77.